The third-order valence-electron chi connectivity index (χ3n) is 7.57. The zero-order valence-electron chi connectivity index (χ0n) is 24.3. The van der Waals surface area contributed by atoms with E-state index in [2.05, 4.69) is 34.9 Å². The van der Waals surface area contributed by atoms with E-state index in [1.54, 1.807) is 6.92 Å². The Morgan fingerprint density at radius 2 is 1.39 bits per heavy atom. The minimum atomic E-state index is -0.642. The maximum Gasteiger partial charge on any atom is 0.322 e. The summed E-state index contributed by atoms with van der Waals surface area (Å²) in [7, 11) is 1.32. The average molecular weight is 557 g/mol. The van der Waals surface area contributed by atoms with Crippen LogP contribution >= 0.6 is 0 Å². The molecule has 1 amide bonds. The number of amides is 1. The van der Waals surface area contributed by atoms with Crippen LogP contribution in [0.2, 0.25) is 0 Å². The molecule has 7 heteroatoms. The molecule has 3 aromatic carbocycles. The molecule has 0 radical (unpaired) electrons. The molecule has 0 saturated carbocycles. The maximum absolute atomic E-state index is 13.5. The first kappa shape index (κ1) is 30.0. The summed E-state index contributed by atoms with van der Waals surface area (Å²) in [5.74, 6) is -1.47. The standard InChI is InChI=1S/C34H40N2O5/c1-22(2)18-31(36-23(3)33(38)40-4)32(37)35-20-25(19-24-12-6-5-7-13-24)34(39)41-21-30-28-16-10-8-14-26(28)27-15-9-11-17-29(27)30/h5-17,22-23,25,30-31,36H,18-21H2,1-4H3,(H,35,37)/t23-,25-,31?/m0/s1. The van der Waals surface area contributed by atoms with E-state index in [-0.39, 0.29) is 36.9 Å². The second-order valence-electron chi connectivity index (χ2n) is 11.1. The number of hydrogen-bond acceptors (Lipinski definition) is 6. The van der Waals surface area contributed by atoms with Crippen LogP contribution in [0.4, 0.5) is 0 Å². The van der Waals surface area contributed by atoms with Gasteiger partial charge in [0.05, 0.1) is 19.1 Å². The van der Waals surface area contributed by atoms with Crippen molar-refractivity contribution in [2.24, 2.45) is 11.8 Å². The number of fused-ring (bicyclic) bond motifs is 3. The quantitative estimate of drug-likeness (QED) is 0.292. The molecule has 0 bridgehead atoms. The SMILES string of the molecule is COC(=O)[C@H](C)NC(CC(C)C)C(=O)NC[C@H](Cc1ccccc1)C(=O)OCC1c2ccccc2-c2ccccc21. The predicted octanol–water partition coefficient (Wildman–Crippen LogP) is 4.88. The molecule has 0 aromatic heterocycles. The number of carbonyl (C=O) groups is 3. The molecule has 3 atom stereocenters. The third-order valence-corrected chi connectivity index (χ3v) is 7.57. The summed E-state index contributed by atoms with van der Waals surface area (Å²) in [6.07, 6.45) is 0.958. The lowest BCUT2D eigenvalue weighted by atomic mass is 9.97. The summed E-state index contributed by atoms with van der Waals surface area (Å²) in [6, 6.07) is 24.9. The van der Waals surface area contributed by atoms with Crippen LogP contribution in [-0.4, -0.2) is 50.2 Å². The van der Waals surface area contributed by atoms with Crippen LogP contribution in [0.3, 0.4) is 0 Å². The van der Waals surface area contributed by atoms with Gasteiger partial charge in [-0.1, -0.05) is 92.7 Å². The van der Waals surface area contributed by atoms with Crippen LogP contribution < -0.4 is 10.6 Å². The van der Waals surface area contributed by atoms with Crippen molar-refractivity contribution < 1.29 is 23.9 Å². The highest BCUT2D eigenvalue weighted by Crippen LogP contribution is 2.44. The molecule has 0 heterocycles. The number of hydrogen-bond donors (Lipinski definition) is 2. The van der Waals surface area contributed by atoms with Crippen molar-refractivity contribution in [1.29, 1.82) is 0 Å². The Morgan fingerprint density at radius 1 is 0.805 bits per heavy atom. The van der Waals surface area contributed by atoms with Crippen LogP contribution in [0.5, 0.6) is 0 Å². The Hall–Kier alpha value is -3.97. The lowest BCUT2D eigenvalue weighted by Crippen LogP contribution is -2.51. The highest BCUT2D eigenvalue weighted by atomic mass is 16.5. The van der Waals surface area contributed by atoms with Crippen molar-refractivity contribution in [2.45, 2.75) is 51.6 Å². The zero-order valence-corrected chi connectivity index (χ0v) is 24.3. The Balaban J connectivity index is 1.46. The van der Waals surface area contributed by atoms with Crippen molar-refractivity contribution in [1.82, 2.24) is 10.6 Å². The van der Waals surface area contributed by atoms with Crippen LogP contribution in [0.1, 0.15) is 49.8 Å². The molecule has 216 valence electrons. The van der Waals surface area contributed by atoms with E-state index in [0.717, 1.165) is 16.7 Å². The van der Waals surface area contributed by atoms with Crippen molar-refractivity contribution in [3.05, 3.63) is 95.6 Å². The molecule has 2 N–H and O–H groups in total. The summed E-state index contributed by atoms with van der Waals surface area (Å²) < 4.78 is 10.8. The van der Waals surface area contributed by atoms with Gasteiger partial charge in [-0.3, -0.25) is 19.7 Å². The highest BCUT2D eigenvalue weighted by molar-refractivity contribution is 5.84. The number of methoxy groups -OCH3 is 1. The Kier molecular flexibility index (Phi) is 10.3. The van der Waals surface area contributed by atoms with Gasteiger partial charge in [0, 0.05) is 12.5 Å². The largest absolute Gasteiger partial charge is 0.468 e. The molecule has 0 fully saturated rings. The van der Waals surface area contributed by atoms with E-state index < -0.39 is 24.0 Å². The Labute approximate surface area is 242 Å². The summed E-state index contributed by atoms with van der Waals surface area (Å²) >= 11 is 0. The highest BCUT2D eigenvalue weighted by Gasteiger charge is 2.31. The van der Waals surface area contributed by atoms with Gasteiger partial charge in [0.15, 0.2) is 0 Å². The molecule has 7 nitrogen and oxygen atoms in total. The Morgan fingerprint density at radius 3 is 1.98 bits per heavy atom. The van der Waals surface area contributed by atoms with E-state index in [1.807, 2.05) is 68.4 Å². The van der Waals surface area contributed by atoms with E-state index in [4.69, 9.17) is 9.47 Å². The number of ether oxygens (including phenoxy) is 2. The summed E-state index contributed by atoms with van der Waals surface area (Å²) in [4.78, 5) is 38.8. The average Bonchev–Trinajstić information content (AvgIpc) is 3.30. The van der Waals surface area contributed by atoms with Crippen LogP contribution in [0.15, 0.2) is 78.9 Å². The summed E-state index contributed by atoms with van der Waals surface area (Å²) in [5, 5.41) is 6.04. The van der Waals surface area contributed by atoms with Gasteiger partial charge in [0.1, 0.15) is 12.6 Å². The minimum Gasteiger partial charge on any atom is -0.468 e. The second kappa shape index (κ2) is 14.1. The van der Waals surface area contributed by atoms with Gasteiger partial charge in [-0.05, 0) is 53.5 Å². The van der Waals surface area contributed by atoms with Crippen molar-refractivity contribution >= 4 is 17.8 Å². The summed E-state index contributed by atoms with van der Waals surface area (Å²) in [6.45, 7) is 6.04. The molecule has 1 unspecified atom stereocenters. The second-order valence-corrected chi connectivity index (χ2v) is 11.1. The monoisotopic (exact) mass is 556 g/mol. The van der Waals surface area contributed by atoms with Crippen LogP contribution in [-0.2, 0) is 30.3 Å². The maximum atomic E-state index is 13.5. The van der Waals surface area contributed by atoms with E-state index in [9.17, 15) is 14.4 Å². The first-order chi connectivity index (χ1) is 19.8. The molecule has 1 aliphatic carbocycles. The predicted molar refractivity (Wildman–Crippen MR) is 159 cm³/mol. The lowest BCUT2D eigenvalue weighted by molar-refractivity contribution is -0.148. The molecule has 0 spiro atoms. The third kappa shape index (κ3) is 7.61. The van der Waals surface area contributed by atoms with Gasteiger partial charge in [-0.2, -0.15) is 0 Å². The van der Waals surface area contributed by atoms with Crippen molar-refractivity contribution in [2.75, 3.05) is 20.3 Å². The number of rotatable bonds is 13. The molecule has 0 aliphatic heterocycles. The van der Waals surface area contributed by atoms with Crippen LogP contribution in [0, 0.1) is 11.8 Å². The fourth-order valence-corrected chi connectivity index (χ4v) is 5.48. The number of esters is 2. The minimum absolute atomic E-state index is 0.0438. The summed E-state index contributed by atoms with van der Waals surface area (Å²) in [5.41, 5.74) is 5.62. The normalized spacial score (nSPS) is 14.5. The molecular formula is C34H40N2O5. The number of benzene rings is 3. The lowest BCUT2D eigenvalue weighted by Gasteiger charge is -2.24. The number of carbonyl (C=O) groups excluding carboxylic acids is 3. The molecule has 1 aliphatic rings. The van der Waals surface area contributed by atoms with E-state index in [0.29, 0.717) is 12.8 Å². The smallest absolute Gasteiger partial charge is 0.322 e. The van der Waals surface area contributed by atoms with Gasteiger partial charge >= 0.3 is 11.9 Å². The van der Waals surface area contributed by atoms with Crippen molar-refractivity contribution in [3.63, 3.8) is 0 Å². The first-order valence-electron chi connectivity index (χ1n) is 14.3. The van der Waals surface area contributed by atoms with Gasteiger partial charge in [0.25, 0.3) is 0 Å². The molecular weight excluding hydrogens is 516 g/mol. The molecule has 3 aromatic rings. The topological polar surface area (TPSA) is 93.7 Å². The van der Waals surface area contributed by atoms with Crippen LogP contribution in [0.25, 0.3) is 11.1 Å². The Bertz CT molecular complexity index is 1290. The van der Waals surface area contributed by atoms with E-state index in [1.165, 1.54) is 18.2 Å². The number of nitrogens with one attached hydrogen (secondary N) is 2. The van der Waals surface area contributed by atoms with Crippen molar-refractivity contribution in [3.8, 4) is 11.1 Å². The fourth-order valence-electron chi connectivity index (χ4n) is 5.48. The molecule has 41 heavy (non-hydrogen) atoms. The zero-order chi connectivity index (χ0) is 29.4. The molecule has 0 saturated heterocycles. The first-order valence-corrected chi connectivity index (χ1v) is 14.3. The van der Waals surface area contributed by atoms with Gasteiger partial charge < -0.3 is 14.8 Å². The fraction of sp³-hybridized carbons (Fsp3) is 0.382. The van der Waals surface area contributed by atoms with Gasteiger partial charge in [0.2, 0.25) is 5.91 Å². The van der Waals surface area contributed by atoms with Gasteiger partial charge in [-0.15, -0.1) is 0 Å². The molecule has 4 rings (SSSR count). The van der Waals surface area contributed by atoms with E-state index >= 15 is 0 Å². The van der Waals surface area contributed by atoms with Gasteiger partial charge in [-0.25, -0.2) is 0 Å².